The molecule has 8 aromatic heterocycles. The Morgan fingerprint density at radius 1 is 0.397 bits per heavy atom. The first-order valence-electron chi connectivity index (χ1n) is 43.6. The average Bonchev–Trinajstić information content (AvgIpc) is 1.59. The molecule has 0 atom stereocenters. The molecular weight excluding hydrogens is 1990 g/mol. The maximum absolute atomic E-state index is 13.7. The summed E-state index contributed by atoms with van der Waals surface area (Å²) in [5, 5.41) is 22.8. The van der Waals surface area contributed by atoms with E-state index in [9.17, 15) is 101 Å². The number of aromatic nitrogens is 12. The predicted molar refractivity (Wildman–Crippen MR) is 480 cm³/mol. The zero-order valence-electron chi connectivity index (χ0n) is 77.4. The van der Waals surface area contributed by atoms with E-state index in [1.807, 2.05) is 0 Å². The molecule has 0 radical (unpaired) electrons. The zero-order valence-corrected chi connectivity index (χ0v) is 82.1. The van der Waals surface area contributed by atoms with Crippen molar-refractivity contribution in [2.45, 2.75) is 159 Å². The third-order valence-electron chi connectivity index (χ3n) is 25.3. The number of piperidine rings is 4. The molecule has 4 saturated heterocycles. The van der Waals surface area contributed by atoms with Crippen LogP contribution in [0.25, 0.3) is 0 Å². The van der Waals surface area contributed by atoms with Gasteiger partial charge in [-0.1, -0.05) is 0 Å². The van der Waals surface area contributed by atoms with Crippen molar-refractivity contribution in [1.82, 2.24) is 99.0 Å². The first-order chi connectivity index (χ1) is 65.4. The number of ether oxygens (including phenoxy) is 4. The second kappa shape index (κ2) is 42.4. The molecule has 10 aliphatic rings. The second-order valence-electron chi connectivity index (χ2n) is 35.0. The SMILES string of the molecule is COc1c(CC(=O)C2CC2)ncnc1Nc1cc(C)c2n(c1=O)C1(CCN(CC(F)(F)F)CC1)NC2=O.COc1c(N)ncnc1NC(=O)C1CC1.COc1c(N)ncnc1Nc1cc(C)c2n(c1=O)C1(CCN(CC(F)(F)F)CC1)NC2=O.COc1c(N)ncnc1Nc1cc(C)c2n(c1=O)C1(CCN(CC(F)(F)F)CC1)NC2=O.Cc1cc(Br)c(=O)n2c1C(=O)NC21CCN(CC(F)(F)F)CC1.[K+].[OH-]. The fourth-order valence-electron chi connectivity index (χ4n) is 18.5. The van der Waals surface area contributed by atoms with Crippen LogP contribution in [-0.2, 0) is 38.7 Å². The number of fused-ring (bicyclic) bond motifs is 8. The van der Waals surface area contributed by atoms with Gasteiger partial charge in [0.1, 0.15) is 93.6 Å². The van der Waals surface area contributed by atoms with Crippen LogP contribution in [0.3, 0.4) is 0 Å². The summed E-state index contributed by atoms with van der Waals surface area (Å²) in [6, 6.07) is 6.15. The summed E-state index contributed by atoms with van der Waals surface area (Å²) in [5.41, 5.74) is 14.9. The number of aryl methyl sites for hydroxylation is 4. The molecule has 16 heterocycles. The number of anilines is 10. The molecule has 6 fully saturated rings. The topological polar surface area (TPSA) is 548 Å². The standard InChI is InChI=1S/C24H27F3N6O4.2C19H22F3N7O3.C14H15BrF3N3O2.C9H12N4O2.K.H2O/c1-13-9-16(30-20-19(37-2)15(28-12-29-20)10-17(34)14-3-4-14)22(36)33-18(13)21(35)31-23(33)5-7-32(8-6-23)11-24(25,26)27;2*1-10-7-11(26-15-13(32-2)14(23)24-9-25-15)17(31)29-12(10)16(30)27-18(29)3-5-28(6-4-18)8-19(20,21)22;1-8-6-9(15)12(23)21-10(8)11(22)19-13(21)2-4-20(5-3-13)7-14(16,17)18;1-15-6-7(10)11-4-12-8(6)13-9(14)5-2-3-5;;/h9,12,14H,3-8,10-11H2,1-2H3,(H,31,35)(H,28,29,30);2*7,9H,3-6,8H2,1-2H3,(H,27,30)(H3,23,24,25,26);6H,2-5,7H2,1H3,(H,19,22);4-5H,2-3H2,1H3,(H3,10,11,12,13,14);;1H2/q;;;;;+1;/p-1. The Morgan fingerprint density at radius 3 is 0.929 bits per heavy atom. The van der Waals surface area contributed by atoms with Gasteiger partial charge < -0.3 is 84.2 Å². The molecule has 56 heteroatoms. The van der Waals surface area contributed by atoms with Gasteiger partial charge in [0.05, 0.1) is 71.2 Å². The predicted octanol–water partition coefficient (Wildman–Crippen LogP) is 4.16. The number of Topliss-reactive ketones (excluding diaryl/α,β-unsaturated/α-hetero) is 1. The van der Waals surface area contributed by atoms with E-state index in [2.05, 4.69) is 98.3 Å². The van der Waals surface area contributed by atoms with Crippen LogP contribution in [0.1, 0.15) is 147 Å². The molecule has 18 rings (SSSR count). The van der Waals surface area contributed by atoms with Gasteiger partial charge in [-0.25, -0.2) is 39.9 Å². The number of hydrogen-bond donors (Lipinski definition) is 11. The number of pyridine rings is 4. The van der Waals surface area contributed by atoms with Gasteiger partial charge in [-0.2, -0.15) is 52.7 Å². The number of alkyl halides is 12. The number of ketones is 1. The number of nitrogens with zero attached hydrogens (tertiary/aromatic N) is 16. The van der Waals surface area contributed by atoms with Crippen molar-refractivity contribution in [2.75, 3.05) is 145 Å². The molecule has 0 unspecified atom stereocenters. The van der Waals surface area contributed by atoms with Gasteiger partial charge in [0.25, 0.3) is 45.9 Å². The van der Waals surface area contributed by atoms with Crippen LogP contribution in [0, 0.1) is 39.5 Å². The minimum atomic E-state index is -4.33. The second-order valence-corrected chi connectivity index (χ2v) is 35.9. The van der Waals surface area contributed by atoms with Crippen molar-refractivity contribution in [3.05, 3.63) is 146 Å². The van der Waals surface area contributed by atoms with E-state index in [0.29, 0.717) is 49.7 Å². The van der Waals surface area contributed by atoms with Gasteiger partial charge >= 0.3 is 76.1 Å². The number of carbonyl (C=O) groups excluding carboxylic acids is 6. The van der Waals surface area contributed by atoms with Crippen molar-refractivity contribution < 1.29 is 157 Å². The van der Waals surface area contributed by atoms with Crippen LogP contribution in [0.5, 0.6) is 23.0 Å². The van der Waals surface area contributed by atoms with Crippen LogP contribution in [0.4, 0.5) is 110 Å². The zero-order chi connectivity index (χ0) is 101. The van der Waals surface area contributed by atoms with Crippen molar-refractivity contribution >= 4 is 109 Å². The summed E-state index contributed by atoms with van der Waals surface area (Å²) in [6.45, 7) is 3.48. The Bertz CT molecular complexity index is 6210. The monoisotopic (exact) mass is 2080 g/mol. The Morgan fingerprint density at radius 2 is 0.652 bits per heavy atom. The molecular formula is C85H99BrF12KN27O15. The van der Waals surface area contributed by atoms with E-state index in [4.69, 9.17) is 36.1 Å². The van der Waals surface area contributed by atoms with Crippen LogP contribution in [0.15, 0.2) is 73.2 Å². The maximum atomic E-state index is 13.7. The Labute approximate surface area is 844 Å². The molecule has 0 aromatic carbocycles. The summed E-state index contributed by atoms with van der Waals surface area (Å²) in [7, 11) is 5.64. The number of nitrogens with two attached hydrogens (primary N) is 3. The average molecular weight is 2090 g/mol. The van der Waals surface area contributed by atoms with Gasteiger partial charge in [-0.05, 0) is 116 Å². The number of likely N-dealkylation sites (tertiary alicyclic amines) is 4. The number of methoxy groups -OCH3 is 4. The molecule has 15 N–H and O–H groups in total. The summed E-state index contributed by atoms with van der Waals surface area (Å²) in [4.78, 5) is 164. The molecule has 2 saturated carbocycles. The fourth-order valence-corrected chi connectivity index (χ4v) is 19.1. The van der Waals surface area contributed by atoms with Crippen molar-refractivity contribution in [3.63, 3.8) is 0 Å². The van der Waals surface area contributed by atoms with E-state index in [-0.39, 0.29) is 288 Å². The Kier molecular flexibility index (Phi) is 32.5. The molecule has 8 aromatic rings. The van der Waals surface area contributed by atoms with Crippen molar-refractivity contribution in [2.24, 2.45) is 11.8 Å². The number of nitrogen functional groups attached to an aromatic ring is 3. The smallest absolute Gasteiger partial charge is 0.870 e. The number of amides is 5. The fraction of sp³-hybridized carbons (Fsp3) is 0.506. The number of halogens is 13. The first kappa shape index (κ1) is 108. The van der Waals surface area contributed by atoms with Gasteiger partial charge in [0.2, 0.25) is 23.2 Å². The van der Waals surface area contributed by atoms with E-state index in [0.717, 1.165) is 25.7 Å². The minimum Gasteiger partial charge on any atom is -0.870 e. The normalized spacial score (nSPS) is 18.0. The van der Waals surface area contributed by atoms with Crippen LogP contribution < -0.4 is 152 Å². The Balaban J connectivity index is 0.000000161. The molecule has 42 nitrogen and oxygen atoms in total. The quantitative estimate of drug-likeness (QED) is 0.0400. The van der Waals surface area contributed by atoms with E-state index in [1.54, 1.807) is 33.8 Å². The van der Waals surface area contributed by atoms with Gasteiger partial charge in [0, 0.05) is 116 Å². The molecule has 0 bridgehead atoms. The Hall–Kier alpha value is -11.8. The van der Waals surface area contributed by atoms with Crippen molar-refractivity contribution in [3.8, 4) is 23.0 Å². The van der Waals surface area contributed by atoms with E-state index >= 15 is 0 Å². The van der Waals surface area contributed by atoms with Gasteiger partial charge in [-0.15, -0.1) is 0 Å². The van der Waals surface area contributed by atoms with Crippen molar-refractivity contribution in [1.29, 1.82) is 0 Å². The van der Waals surface area contributed by atoms with Gasteiger partial charge in [0.15, 0.2) is 46.5 Å². The number of nitrogens with one attached hydrogen (secondary N) is 8. The van der Waals surface area contributed by atoms with Crippen LogP contribution in [0.2, 0.25) is 0 Å². The van der Waals surface area contributed by atoms with Crippen LogP contribution >= 0.6 is 15.9 Å². The molecule has 5 amide bonds. The van der Waals surface area contributed by atoms with E-state index in [1.165, 1.54) is 110 Å². The number of hydrogen-bond acceptors (Lipinski definition) is 33. The largest absolute Gasteiger partial charge is 1.00 e. The molecule has 141 heavy (non-hydrogen) atoms. The molecule has 756 valence electrons. The van der Waals surface area contributed by atoms with Gasteiger partial charge in [-0.3, -0.25) is 85.8 Å². The number of rotatable bonds is 19. The molecule has 4 spiro atoms. The third kappa shape index (κ3) is 23.6. The summed E-state index contributed by atoms with van der Waals surface area (Å²) in [5.74, 6) is 0.643. The molecule has 8 aliphatic heterocycles. The number of carbonyl (C=O) groups is 6. The van der Waals surface area contributed by atoms with Crippen LogP contribution in [-0.4, -0.2) is 250 Å². The summed E-state index contributed by atoms with van der Waals surface area (Å²) < 4.78 is 180. The maximum Gasteiger partial charge on any atom is 1.00 e. The molecule has 2 aliphatic carbocycles. The summed E-state index contributed by atoms with van der Waals surface area (Å²) in [6.07, 6.45) is -7.06. The third-order valence-corrected chi connectivity index (χ3v) is 25.9. The van der Waals surface area contributed by atoms with E-state index < -0.39 is 108 Å². The minimum absolute atomic E-state index is 0. The summed E-state index contributed by atoms with van der Waals surface area (Å²) >= 11 is 3.19. The first-order valence-corrected chi connectivity index (χ1v) is 44.4.